The first kappa shape index (κ1) is 18.6. The van der Waals surface area contributed by atoms with Crippen LogP contribution in [0.1, 0.15) is 70.9 Å². The number of phenolic OH excluding ortho intramolecular Hbond substituents is 1. The number of aryl methyl sites for hydroxylation is 2. The lowest BCUT2D eigenvalue weighted by Gasteiger charge is -2.36. The van der Waals surface area contributed by atoms with E-state index in [0.717, 1.165) is 55.4 Å². The van der Waals surface area contributed by atoms with E-state index in [4.69, 9.17) is 4.74 Å². The minimum Gasteiger partial charge on any atom is -0.508 e. The second-order valence-electron chi connectivity index (χ2n) is 7.71. The van der Waals surface area contributed by atoms with Crippen molar-refractivity contribution in [3.63, 3.8) is 0 Å². The first-order valence-electron chi connectivity index (χ1n) is 9.09. The zero-order valence-corrected chi connectivity index (χ0v) is 15.9. The highest BCUT2D eigenvalue weighted by Crippen LogP contribution is 2.38. The zero-order chi connectivity index (χ0) is 17.7. The monoisotopic (exact) mass is 328 g/mol. The Morgan fingerprint density at radius 3 is 2.67 bits per heavy atom. The Labute approximate surface area is 147 Å². The summed E-state index contributed by atoms with van der Waals surface area (Å²) in [6, 6.07) is 3.83. The molecule has 0 saturated carbocycles. The summed E-state index contributed by atoms with van der Waals surface area (Å²) in [7, 11) is 0. The summed E-state index contributed by atoms with van der Waals surface area (Å²) in [4.78, 5) is 0. The highest BCUT2D eigenvalue weighted by Gasteiger charge is 2.31. The third kappa shape index (κ3) is 5.15. The molecule has 2 nitrogen and oxygen atoms in total. The number of benzene rings is 1. The van der Waals surface area contributed by atoms with Gasteiger partial charge in [0.1, 0.15) is 17.1 Å². The van der Waals surface area contributed by atoms with E-state index in [9.17, 15) is 5.11 Å². The van der Waals surface area contributed by atoms with Crippen molar-refractivity contribution in [1.29, 1.82) is 0 Å². The van der Waals surface area contributed by atoms with Crippen molar-refractivity contribution in [3.05, 3.63) is 46.6 Å². The Balaban J connectivity index is 1.91. The van der Waals surface area contributed by atoms with Gasteiger partial charge >= 0.3 is 0 Å². The van der Waals surface area contributed by atoms with Crippen molar-refractivity contribution in [2.24, 2.45) is 0 Å². The molecule has 1 aliphatic rings. The molecule has 1 unspecified atom stereocenters. The van der Waals surface area contributed by atoms with Crippen LogP contribution in [0.4, 0.5) is 0 Å². The van der Waals surface area contributed by atoms with Crippen molar-refractivity contribution < 1.29 is 9.84 Å². The first-order valence-corrected chi connectivity index (χ1v) is 9.09. The molecule has 132 valence electrons. The quantitative estimate of drug-likeness (QED) is 0.625. The van der Waals surface area contributed by atoms with Crippen molar-refractivity contribution in [1.82, 2.24) is 0 Å². The van der Waals surface area contributed by atoms with Gasteiger partial charge in [-0.1, -0.05) is 23.3 Å². The molecule has 0 fully saturated rings. The molecule has 1 aromatic carbocycles. The molecular formula is C22H32O2. The minimum atomic E-state index is -0.104. The van der Waals surface area contributed by atoms with Gasteiger partial charge in [0.05, 0.1) is 0 Å². The van der Waals surface area contributed by atoms with Crippen LogP contribution in [-0.2, 0) is 6.42 Å². The standard InChI is InChI=1S/C22H32O2/c1-16(2)8-6-9-17(3)10-7-12-22(5)13-11-19-15-20(23)18(4)14-21(19)24-22/h8,10,14-15,23H,6-7,9,11-13H2,1-5H3. The van der Waals surface area contributed by atoms with Gasteiger partial charge in [-0.3, -0.25) is 0 Å². The Morgan fingerprint density at radius 1 is 1.21 bits per heavy atom. The topological polar surface area (TPSA) is 29.5 Å². The molecule has 1 N–H and O–H groups in total. The van der Waals surface area contributed by atoms with E-state index in [0.29, 0.717) is 5.75 Å². The fourth-order valence-corrected chi connectivity index (χ4v) is 3.21. The van der Waals surface area contributed by atoms with E-state index < -0.39 is 0 Å². The van der Waals surface area contributed by atoms with Gasteiger partial charge in [-0.05, 0) is 96.4 Å². The Morgan fingerprint density at radius 2 is 1.96 bits per heavy atom. The summed E-state index contributed by atoms with van der Waals surface area (Å²) in [5.74, 6) is 1.32. The average Bonchev–Trinajstić information content (AvgIpc) is 2.48. The van der Waals surface area contributed by atoms with Crippen LogP contribution in [0.5, 0.6) is 11.5 Å². The molecule has 1 atom stereocenters. The molecule has 1 aromatic rings. The highest BCUT2D eigenvalue weighted by molar-refractivity contribution is 5.46. The van der Waals surface area contributed by atoms with E-state index >= 15 is 0 Å². The van der Waals surface area contributed by atoms with Crippen LogP contribution in [0.15, 0.2) is 35.4 Å². The number of phenols is 1. The number of allylic oxidation sites excluding steroid dienone is 4. The van der Waals surface area contributed by atoms with Crippen LogP contribution in [-0.4, -0.2) is 10.7 Å². The third-order valence-electron chi connectivity index (χ3n) is 4.92. The van der Waals surface area contributed by atoms with Crippen LogP contribution in [0.2, 0.25) is 0 Å². The second-order valence-corrected chi connectivity index (χ2v) is 7.71. The number of hydrogen-bond acceptors (Lipinski definition) is 2. The van der Waals surface area contributed by atoms with Gasteiger partial charge in [-0.2, -0.15) is 0 Å². The fraction of sp³-hybridized carbons (Fsp3) is 0.545. The fourth-order valence-electron chi connectivity index (χ4n) is 3.21. The molecule has 2 rings (SSSR count). The van der Waals surface area contributed by atoms with Gasteiger partial charge in [0.15, 0.2) is 0 Å². The van der Waals surface area contributed by atoms with Crippen molar-refractivity contribution in [2.45, 2.75) is 78.7 Å². The van der Waals surface area contributed by atoms with Crippen molar-refractivity contribution >= 4 is 0 Å². The number of hydrogen-bond donors (Lipinski definition) is 1. The molecule has 1 aliphatic heterocycles. The maximum absolute atomic E-state index is 9.85. The van der Waals surface area contributed by atoms with Gasteiger partial charge in [0.25, 0.3) is 0 Å². The molecule has 0 radical (unpaired) electrons. The first-order chi connectivity index (χ1) is 11.3. The molecule has 1 heterocycles. The predicted molar refractivity (Wildman–Crippen MR) is 102 cm³/mol. The lowest BCUT2D eigenvalue weighted by Crippen LogP contribution is -2.36. The van der Waals surface area contributed by atoms with Crippen LogP contribution in [0.25, 0.3) is 0 Å². The summed E-state index contributed by atoms with van der Waals surface area (Å²) in [6.07, 6.45) is 11.0. The molecule has 24 heavy (non-hydrogen) atoms. The number of aromatic hydroxyl groups is 1. The third-order valence-corrected chi connectivity index (χ3v) is 4.92. The molecule has 0 aromatic heterocycles. The summed E-state index contributed by atoms with van der Waals surface area (Å²) < 4.78 is 6.30. The number of fused-ring (bicyclic) bond motifs is 1. The van der Waals surface area contributed by atoms with Crippen molar-refractivity contribution in [2.75, 3.05) is 0 Å². The average molecular weight is 328 g/mol. The normalized spacial score (nSPS) is 20.3. The van der Waals surface area contributed by atoms with Crippen LogP contribution in [0.3, 0.4) is 0 Å². The van der Waals surface area contributed by atoms with Gasteiger partial charge in [0.2, 0.25) is 0 Å². The summed E-state index contributed by atoms with van der Waals surface area (Å²) in [6.45, 7) is 10.7. The Bertz CT molecular complexity index is 636. The van der Waals surface area contributed by atoms with Crippen molar-refractivity contribution in [3.8, 4) is 11.5 Å². The van der Waals surface area contributed by atoms with Crippen LogP contribution >= 0.6 is 0 Å². The molecule has 0 spiro atoms. The van der Waals surface area contributed by atoms with Crippen LogP contribution < -0.4 is 4.74 Å². The molecule has 0 amide bonds. The Kier molecular flexibility index (Phi) is 6.15. The second kappa shape index (κ2) is 7.92. The van der Waals surface area contributed by atoms with E-state index in [2.05, 4.69) is 39.8 Å². The smallest absolute Gasteiger partial charge is 0.123 e. The zero-order valence-electron chi connectivity index (χ0n) is 15.9. The number of rotatable bonds is 6. The summed E-state index contributed by atoms with van der Waals surface area (Å²) in [5.41, 5.74) is 4.77. The maximum Gasteiger partial charge on any atom is 0.123 e. The van der Waals surface area contributed by atoms with Gasteiger partial charge in [-0.15, -0.1) is 0 Å². The largest absolute Gasteiger partial charge is 0.508 e. The summed E-state index contributed by atoms with van der Waals surface area (Å²) in [5, 5.41) is 9.85. The van der Waals surface area contributed by atoms with E-state index in [1.807, 2.05) is 19.1 Å². The van der Waals surface area contributed by atoms with Gasteiger partial charge in [0, 0.05) is 0 Å². The SMILES string of the molecule is CC(C)=CCCC(C)=CCCC1(C)CCc2cc(O)c(C)cc2O1. The van der Waals surface area contributed by atoms with Gasteiger partial charge in [-0.25, -0.2) is 0 Å². The molecule has 2 heteroatoms. The number of ether oxygens (including phenoxy) is 1. The van der Waals surface area contributed by atoms with E-state index in [1.165, 1.54) is 11.1 Å². The molecule has 0 aliphatic carbocycles. The lowest BCUT2D eigenvalue weighted by atomic mass is 9.88. The minimum absolute atomic E-state index is 0.104. The maximum atomic E-state index is 9.85. The molecule has 0 bridgehead atoms. The van der Waals surface area contributed by atoms with Crippen LogP contribution in [0, 0.1) is 6.92 Å². The molecular weight excluding hydrogens is 296 g/mol. The lowest BCUT2D eigenvalue weighted by molar-refractivity contribution is 0.0569. The van der Waals surface area contributed by atoms with E-state index in [1.54, 1.807) is 0 Å². The predicted octanol–water partition coefficient (Wildman–Crippen LogP) is 6.26. The van der Waals surface area contributed by atoms with Gasteiger partial charge < -0.3 is 9.84 Å². The Hall–Kier alpha value is -1.70. The van der Waals surface area contributed by atoms with E-state index in [-0.39, 0.29) is 5.60 Å². The summed E-state index contributed by atoms with van der Waals surface area (Å²) >= 11 is 0. The highest BCUT2D eigenvalue weighted by atomic mass is 16.5. The molecule has 0 saturated heterocycles.